The van der Waals surface area contributed by atoms with Gasteiger partial charge in [0.2, 0.25) is 5.82 Å². The highest BCUT2D eigenvalue weighted by Crippen LogP contribution is 2.26. The van der Waals surface area contributed by atoms with Crippen molar-refractivity contribution in [3.05, 3.63) is 64.1 Å². The Morgan fingerprint density at radius 3 is 2.65 bits per heavy atom. The van der Waals surface area contributed by atoms with E-state index in [-0.39, 0.29) is 5.56 Å². The zero-order valence-corrected chi connectivity index (χ0v) is 14.9. The lowest BCUT2D eigenvalue weighted by Crippen LogP contribution is -2.23. The molecule has 4 rings (SSSR count). The van der Waals surface area contributed by atoms with E-state index in [9.17, 15) is 4.79 Å². The summed E-state index contributed by atoms with van der Waals surface area (Å²) in [5, 5.41) is 4.11. The van der Waals surface area contributed by atoms with Gasteiger partial charge in [0.25, 0.3) is 11.4 Å². The van der Waals surface area contributed by atoms with Crippen molar-refractivity contribution in [2.45, 2.75) is 27.3 Å². The number of hydrogen-bond acceptors (Lipinski definition) is 5. The molecule has 6 nitrogen and oxygen atoms in total. The van der Waals surface area contributed by atoms with Crippen LogP contribution in [0.25, 0.3) is 33.9 Å². The van der Waals surface area contributed by atoms with E-state index in [4.69, 9.17) is 4.52 Å². The predicted octanol–water partition coefficient (Wildman–Crippen LogP) is 3.75. The van der Waals surface area contributed by atoms with Crippen LogP contribution in [0.15, 0.2) is 51.8 Å². The molecule has 0 saturated carbocycles. The maximum absolute atomic E-state index is 12.2. The third-order valence-corrected chi connectivity index (χ3v) is 4.48. The van der Waals surface area contributed by atoms with E-state index in [0.29, 0.717) is 24.0 Å². The molecule has 2 aromatic heterocycles. The highest BCUT2D eigenvalue weighted by atomic mass is 16.5. The van der Waals surface area contributed by atoms with E-state index in [2.05, 4.69) is 15.1 Å². The van der Waals surface area contributed by atoms with E-state index in [1.807, 2.05) is 56.3 Å². The molecule has 0 atom stereocenters. The summed E-state index contributed by atoms with van der Waals surface area (Å²) < 4.78 is 7.17. The van der Waals surface area contributed by atoms with Gasteiger partial charge in [-0.2, -0.15) is 4.98 Å². The summed E-state index contributed by atoms with van der Waals surface area (Å²) in [5.41, 5.74) is 4.75. The van der Waals surface area contributed by atoms with Crippen molar-refractivity contribution >= 4 is 11.0 Å². The SMILES string of the molecule is CCn1c(=O)c(C)nc2cc(-c3noc(-c4ccccc4C)n3)ccc21. The van der Waals surface area contributed by atoms with Gasteiger partial charge in [0.1, 0.15) is 5.69 Å². The van der Waals surface area contributed by atoms with Crippen molar-refractivity contribution < 1.29 is 4.52 Å². The maximum atomic E-state index is 12.2. The van der Waals surface area contributed by atoms with Gasteiger partial charge in [-0.3, -0.25) is 4.79 Å². The molecule has 0 saturated heterocycles. The molecule has 0 fully saturated rings. The number of nitrogens with zero attached hydrogens (tertiary/aromatic N) is 4. The Balaban J connectivity index is 1.82. The largest absolute Gasteiger partial charge is 0.334 e. The highest BCUT2D eigenvalue weighted by molar-refractivity contribution is 5.80. The lowest BCUT2D eigenvalue weighted by molar-refractivity contribution is 0.432. The second-order valence-corrected chi connectivity index (χ2v) is 6.19. The van der Waals surface area contributed by atoms with Gasteiger partial charge in [-0.15, -0.1) is 0 Å². The summed E-state index contributed by atoms with van der Waals surface area (Å²) >= 11 is 0. The molecule has 0 bridgehead atoms. The molecule has 0 N–H and O–H groups in total. The average molecular weight is 346 g/mol. The summed E-state index contributed by atoms with van der Waals surface area (Å²) in [4.78, 5) is 21.2. The van der Waals surface area contributed by atoms with Gasteiger partial charge in [0, 0.05) is 17.7 Å². The molecule has 0 aliphatic carbocycles. The van der Waals surface area contributed by atoms with Crippen LogP contribution in [0, 0.1) is 13.8 Å². The Labute approximate surface area is 150 Å². The first-order valence-corrected chi connectivity index (χ1v) is 8.49. The van der Waals surface area contributed by atoms with E-state index >= 15 is 0 Å². The maximum Gasteiger partial charge on any atom is 0.272 e. The van der Waals surface area contributed by atoms with Crippen LogP contribution in [0.4, 0.5) is 0 Å². The fraction of sp³-hybridized carbons (Fsp3) is 0.200. The average Bonchev–Trinajstić information content (AvgIpc) is 3.13. The van der Waals surface area contributed by atoms with Crippen LogP contribution in [0.5, 0.6) is 0 Å². The van der Waals surface area contributed by atoms with Crippen LogP contribution < -0.4 is 5.56 Å². The Morgan fingerprint density at radius 2 is 1.88 bits per heavy atom. The molecule has 4 aromatic rings. The lowest BCUT2D eigenvalue weighted by atomic mass is 10.1. The van der Waals surface area contributed by atoms with E-state index in [1.165, 1.54) is 0 Å². The third-order valence-electron chi connectivity index (χ3n) is 4.48. The molecule has 0 unspecified atom stereocenters. The fourth-order valence-electron chi connectivity index (χ4n) is 3.09. The van der Waals surface area contributed by atoms with E-state index < -0.39 is 0 Å². The first-order valence-electron chi connectivity index (χ1n) is 8.49. The van der Waals surface area contributed by atoms with Crippen LogP contribution in [-0.4, -0.2) is 19.7 Å². The molecule has 0 aliphatic rings. The van der Waals surface area contributed by atoms with Crippen molar-refractivity contribution in [2.24, 2.45) is 0 Å². The van der Waals surface area contributed by atoms with Crippen LogP contribution in [0.1, 0.15) is 18.2 Å². The van der Waals surface area contributed by atoms with Gasteiger partial charge >= 0.3 is 0 Å². The molecule has 0 spiro atoms. The lowest BCUT2D eigenvalue weighted by Gasteiger charge is -2.09. The number of hydrogen-bond donors (Lipinski definition) is 0. The van der Waals surface area contributed by atoms with Gasteiger partial charge in [-0.05, 0) is 50.6 Å². The quantitative estimate of drug-likeness (QED) is 0.565. The number of benzene rings is 2. The minimum Gasteiger partial charge on any atom is -0.334 e. The van der Waals surface area contributed by atoms with Crippen LogP contribution in [-0.2, 0) is 6.54 Å². The molecule has 0 amide bonds. The molecule has 0 aliphatic heterocycles. The van der Waals surface area contributed by atoms with Crippen molar-refractivity contribution in [3.63, 3.8) is 0 Å². The van der Waals surface area contributed by atoms with Crippen LogP contribution in [0.2, 0.25) is 0 Å². The molecule has 6 heteroatoms. The molecule has 2 heterocycles. The second-order valence-electron chi connectivity index (χ2n) is 6.19. The van der Waals surface area contributed by atoms with Crippen LogP contribution in [0.3, 0.4) is 0 Å². The molecular formula is C20H18N4O2. The summed E-state index contributed by atoms with van der Waals surface area (Å²) in [7, 11) is 0. The van der Waals surface area contributed by atoms with Crippen LogP contribution >= 0.6 is 0 Å². The summed E-state index contributed by atoms with van der Waals surface area (Å²) in [5.74, 6) is 0.986. The second kappa shape index (κ2) is 6.22. The molecule has 0 radical (unpaired) electrons. The van der Waals surface area contributed by atoms with Crippen molar-refractivity contribution in [3.8, 4) is 22.8 Å². The minimum absolute atomic E-state index is 0.0610. The Morgan fingerprint density at radius 1 is 1.08 bits per heavy atom. The van der Waals surface area contributed by atoms with Gasteiger partial charge < -0.3 is 9.09 Å². The Kier molecular flexibility index (Phi) is 3.88. The number of fused-ring (bicyclic) bond motifs is 1. The first-order chi connectivity index (χ1) is 12.6. The fourth-order valence-corrected chi connectivity index (χ4v) is 3.09. The predicted molar refractivity (Wildman–Crippen MR) is 99.9 cm³/mol. The minimum atomic E-state index is -0.0610. The van der Waals surface area contributed by atoms with Crippen molar-refractivity contribution in [2.75, 3.05) is 0 Å². The number of aryl methyl sites for hydroxylation is 3. The highest BCUT2D eigenvalue weighted by Gasteiger charge is 2.14. The Bertz CT molecular complexity index is 1170. The number of rotatable bonds is 3. The zero-order chi connectivity index (χ0) is 18.3. The standard InChI is InChI=1S/C20H18N4O2/c1-4-24-17-10-9-14(11-16(17)21-13(3)20(24)25)18-22-19(26-23-18)15-8-6-5-7-12(15)2/h5-11H,4H2,1-3H3. The molecule has 2 aromatic carbocycles. The summed E-state index contributed by atoms with van der Waals surface area (Å²) in [6.07, 6.45) is 0. The summed E-state index contributed by atoms with van der Waals surface area (Å²) in [6, 6.07) is 13.5. The first kappa shape index (κ1) is 16.2. The molecule has 26 heavy (non-hydrogen) atoms. The molecular weight excluding hydrogens is 328 g/mol. The van der Waals surface area contributed by atoms with Gasteiger partial charge in [-0.25, -0.2) is 4.98 Å². The van der Waals surface area contributed by atoms with Crippen molar-refractivity contribution in [1.82, 2.24) is 19.7 Å². The molecule has 130 valence electrons. The van der Waals surface area contributed by atoms with Gasteiger partial charge in [0.05, 0.1) is 11.0 Å². The number of aromatic nitrogens is 4. The Hall–Kier alpha value is -3.28. The topological polar surface area (TPSA) is 73.8 Å². The third kappa shape index (κ3) is 2.60. The van der Waals surface area contributed by atoms with E-state index in [1.54, 1.807) is 11.5 Å². The monoisotopic (exact) mass is 346 g/mol. The van der Waals surface area contributed by atoms with Gasteiger partial charge in [-0.1, -0.05) is 23.4 Å². The van der Waals surface area contributed by atoms with Crippen molar-refractivity contribution in [1.29, 1.82) is 0 Å². The zero-order valence-electron chi connectivity index (χ0n) is 14.9. The van der Waals surface area contributed by atoms with Gasteiger partial charge in [0.15, 0.2) is 0 Å². The normalized spacial score (nSPS) is 11.2. The smallest absolute Gasteiger partial charge is 0.272 e. The van der Waals surface area contributed by atoms with E-state index in [0.717, 1.165) is 27.7 Å². The summed E-state index contributed by atoms with van der Waals surface area (Å²) in [6.45, 7) is 6.27.